The van der Waals surface area contributed by atoms with Gasteiger partial charge in [0, 0.05) is 62.4 Å². The third-order valence-electron chi connectivity index (χ3n) is 5.59. The summed E-state index contributed by atoms with van der Waals surface area (Å²) in [7, 11) is 1.66. The van der Waals surface area contributed by atoms with E-state index >= 15 is 0 Å². The van der Waals surface area contributed by atoms with E-state index in [9.17, 15) is 5.26 Å². The van der Waals surface area contributed by atoms with Crippen molar-refractivity contribution in [3.8, 4) is 28.5 Å². The van der Waals surface area contributed by atoms with Crippen LogP contribution in [0.4, 0.5) is 5.82 Å². The van der Waals surface area contributed by atoms with Gasteiger partial charge in [-0.2, -0.15) is 10.4 Å². The molecule has 0 bridgehead atoms. The van der Waals surface area contributed by atoms with Gasteiger partial charge in [-0.15, -0.1) is 29.9 Å². The largest absolute Gasteiger partial charge is 0.383 e. The molecule has 5 rings (SSSR count). The lowest BCUT2D eigenvalue weighted by Crippen LogP contribution is -2.43. The number of halogens is 2. The lowest BCUT2D eigenvalue weighted by molar-refractivity contribution is 0.183. The highest BCUT2D eigenvalue weighted by atomic mass is 35.5. The molecule has 4 aromatic heterocycles. The predicted molar refractivity (Wildman–Crippen MR) is 134 cm³/mol. The topological polar surface area (TPSA) is 109 Å². The molecule has 0 spiro atoms. The Morgan fingerprint density at radius 3 is 2.65 bits per heavy atom. The molecule has 1 saturated heterocycles. The minimum atomic E-state index is 0. The zero-order valence-electron chi connectivity index (χ0n) is 18.6. The monoisotopic (exact) mass is 501 g/mol. The highest BCUT2D eigenvalue weighted by Gasteiger charge is 2.17. The van der Waals surface area contributed by atoms with Crippen molar-refractivity contribution in [2.75, 3.05) is 44.8 Å². The highest BCUT2D eigenvalue weighted by Crippen LogP contribution is 2.31. The van der Waals surface area contributed by atoms with Crippen LogP contribution in [-0.2, 0) is 11.3 Å². The minimum Gasteiger partial charge on any atom is -0.383 e. The number of hydrogen-bond acceptors (Lipinski definition) is 8. The Morgan fingerprint density at radius 1 is 1.12 bits per heavy atom. The van der Waals surface area contributed by atoms with Crippen LogP contribution in [0.3, 0.4) is 0 Å². The number of rotatable bonds is 6. The van der Waals surface area contributed by atoms with E-state index in [1.54, 1.807) is 22.5 Å². The second-order valence-corrected chi connectivity index (χ2v) is 7.61. The number of anilines is 1. The molecule has 0 amide bonds. The quantitative estimate of drug-likeness (QED) is 0.428. The highest BCUT2D eigenvalue weighted by molar-refractivity contribution is 5.87. The molecule has 0 unspecified atom stereocenters. The molecule has 1 aliphatic rings. The molecule has 0 saturated carbocycles. The van der Waals surface area contributed by atoms with Crippen molar-refractivity contribution in [3.05, 3.63) is 48.5 Å². The van der Waals surface area contributed by atoms with Crippen LogP contribution in [0.1, 0.15) is 5.56 Å². The van der Waals surface area contributed by atoms with Gasteiger partial charge in [-0.3, -0.25) is 0 Å². The molecule has 0 aliphatic carbocycles. The summed E-state index contributed by atoms with van der Waals surface area (Å²) in [5.74, 6) is 0.956. The van der Waals surface area contributed by atoms with Crippen molar-refractivity contribution in [3.63, 3.8) is 0 Å². The van der Waals surface area contributed by atoms with Crippen LogP contribution in [-0.4, -0.2) is 69.5 Å². The van der Waals surface area contributed by atoms with Gasteiger partial charge in [0.2, 0.25) is 0 Å². The summed E-state index contributed by atoms with van der Waals surface area (Å²) in [5, 5.41) is 25.8. The number of ether oxygens (including phenoxy) is 1. The van der Waals surface area contributed by atoms with E-state index in [2.05, 4.69) is 31.7 Å². The molecule has 10 nitrogen and oxygen atoms in total. The van der Waals surface area contributed by atoms with Gasteiger partial charge in [-0.05, 0) is 18.2 Å². The summed E-state index contributed by atoms with van der Waals surface area (Å²) < 4.78 is 8.59. The van der Waals surface area contributed by atoms with Crippen molar-refractivity contribution >= 4 is 36.1 Å². The smallest absolute Gasteiger partial charge is 0.128 e. The van der Waals surface area contributed by atoms with Gasteiger partial charge < -0.3 is 15.0 Å². The zero-order chi connectivity index (χ0) is 21.9. The number of hydrogen-bond donors (Lipinski definition) is 1. The number of piperazine rings is 1. The first kappa shape index (κ1) is 25.4. The number of pyridine rings is 2. The maximum atomic E-state index is 9.61. The zero-order valence-corrected chi connectivity index (χ0v) is 20.2. The Bertz CT molecular complexity index is 1270. The lowest BCUT2D eigenvalue weighted by atomic mass is 10.0. The Kier molecular flexibility index (Phi) is 8.41. The van der Waals surface area contributed by atoms with Crippen LogP contribution in [0, 0.1) is 11.3 Å². The van der Waals surface area contributed by atoms with E-state index in [4.69, 9.17) is 9.72 Å². The first-order valence-electron chi connectivity index (χ1n) is 10.5. The summed E-state index contributed by atoms with van der Waals surface area (Å²) in [5.41, 5.74) is 4.64. The molecule has 1 aliphatic heterocycles. The SMILES string of the molecule is COCCn1cc(-c2cc(-c3ccc(N4CCNCC4)nc3)c3c(C#N)cnn3c2)nn1.Cl.Cl. The molecule has 12 heteroatoms. The van der Waals surface area contributed by atoms with E-state index in [1.807, 2.05) is 36.8 Å². The van der Waals surface area contributed by atoms with Gasteiger partial charge >= 0.3 is 0 Å². The second kappa shape index (κ2) is 11.3. The van der Waals surface area contributed by atoms with Crippen LogP contribution < -0.4 is 10.2 Å². The van der Waals surface area contributed by atoms with Gasteiger partial charge in [-0.25, -0.2) is 14.2 Å². The third kappa shape index (κ3) is 4.98. The van der Waals surface area contributed by atoms with Crippen molar-refractivity contribution in [1.82, 2.24) is 34.9 Å². The molecule has 1 N–H and O–H groups in total. The fraction of sp³-hybridized carbons (Fsp3) is 0.318. The van der Waals surface area contributed by atoms with Crippen molar-refractivity contribution in [1.29, 1.82) is 5.26 Å². The molecule has 0 radical (unpaired) electrons. The van der Waals surface area contributed by atoms with Crippen LogP contribution in [0.25, 0.3) is 27.9 Å². The summed E-state index contributed by atoms with van der Waals surface area (Å²) in [6, 6.07) is 8.35. The standard InChI is InChI=1S/C22H23N9O.2ClH/c1-32-9-8-30-15-20(27-28-30)17-10-19(22-18(11-23)13-26-31(22)14-17)16-2-3-21(25-12-16)29-6-4-24-5-7-29;;/h2-3,10,12-15,24H,4-9H2,1H3;2*1H. The number of nitrogens with zero attached hydrogens (tertiary/aromatic N) is 8. The van der Waals surface area contributed by atoms with E-state index in [0.29, 0.717) is 18.7 Å². The van der Waals surface area contributed by atoms with Crippen LogP contribution in [0.2, 0.25) is 0 Å². The molecule has 4 aromatic rings. The normalized spacial score (nSPS) is 13.2. The van der Waals surface area contributed by atoms with E-state index in [0.717, 1.165) is 59.9 Å². The summed E-state index contributed by atoms with van der Waals surface area (Å²) in [6.07, 6.45) is 7.19. The average Bonchev–Trinajstić information content (AvgIpc) is 3.50. The number of nitrogens with one attached hydrogen (secondary N) is 1. The molecule has 5 heterocycles. The molecular formula is C22H25Cl2N9O. The number of aromatic nitrogens is 6. The predicted octanol–water partition coefficient (Wildman–Crippen LogP) is 2.43. The Labute approximate surface area is 209 Å². The molecule has 34 heavy (non-hydrogen) atoms. The molecular weight excluding hydrogens is 477 g/mol. The lowest BCUT2D eigenvalue weighted by Gasteiger charge is -2.28. The van der Waals surface area contributed by atoms with Crippen LogP contribution >= 0.6 is 24.8 Å². The fourth-order valence-electron chi connectivity index (χ4n) is 3.91. The van der Waals surface area contributed by atoms with Gasteiger partial charge in [0.25, 0.3) is 0 Å². The second-order valence-electron chi connectivity index (χ2n) is 7.61. The number of fused-ring (bicyclic) bond motifs is 1. The molecule has 1 fully saturated rings. The van der Waals surface area contributed by atoms with Crippen LogP contribution in [0.5, 0.6) is 0 Å². The van der Waals surface area contributed by atoms with E-state index < -0.39 is 0 Å². The number of methoxy groups -OCH3 is 1. The first-order valence-corrected chi connectivity index (χ1v) is 10.5. The summed E-state index contributed by atoms with van der Waals surface area (Å²) in [4.78, 5) is 6.97. The number of nitriles is 1. The summed E-state index contributed by atoms with van der Waals surface area (Å²) in [6.45, 7) is 4.97. The van der Waals surface area contributed by atoms with Gasteiger partial charge in [-0.1, -0.05) is 5.21 Å². The van der Waals surface area contributed by atoms with Crippen LogP contribution in [0.15, 0.2) is 43.0 Å². The fourth-order valence-corrected chi connectivity index (χ4v) is 3.91. The van der Waals surface area contributed by atoms with Gasteiger partial charge in [0.05, 0.1) is 36.6 Å². The Morgan fingerprint density at radius 2 is 1.94 bits per heavy atom. The Balaban J connectivity index is 0.00000162. The van der Waals surface area contributed by atoms with E-state index in [-0.39, 0.29) is 24.8 Å². The molecule has 178 valence electrons. The average molecular weight is 502 g/mol. The van der Waals surface area contributed by atoms with E-state index in [1.165, 1.54) is 0 Å². The van der Waals surface area contributed by atoms with Gasteiger partial charge in [0.1, 0.15) is 17.6 Å². The Hall–Kier alpha value is -3.23. The maximum Gasteiger partial charge on any atom is 0.128 e. The molecule has 0 atom stereocenters. The first-order chi connectivity index (χ1) is 15.8. The van der Waals surface area contributed by atoms with Crippen molar-refractivity contribution in [2.24, 2.45) is 0 Å². The minimum absolute atomic E-state index is 0. The third-order valence-corrected chi connectivity index (χ3v) is 5.59. The maximum absolute atomic E-state index is 9.61. The molecule has 0 aromatic carbocycles. The van der Waals surface area contributed by atoms with Crippen molar-refractivity contribution in [2.45, 2.75) is 6.54 Å². The summed E-state index contributed by atoms with van der Waals surface area (Å²) >= 11 is 0. The van der Waals surface area contributed by atoms with Gasteiger partial charge in [0.15, 0.2) is 0 Å². The van der Waals surface area contributed by atoms with Crippen molar-refractivity contribution < 1.29 is 4.74 Å².